The lowest BCUT2D eigenvalue weighted by molar-refractivity contribution is -0.117. The van der Waals surface area contributed by atoms with Gasteiger partial charge >= 0.3 is 6.03 Å². The second-order valence-electron chi connectivity index (χ2n) is 6.31. The number of carbonyl (C=O) groups excluding carboxylic acids is 2. The molecular formula is C19H18FN3O4. The van der Waals surface area contributed by atoms with E-state index in [4.69, 9.17) is 9.47 Å². The summed E-state index contributed by atoms with van der Waals surface area (Å²) in [5, 5.41) is 5.17. The third kappa shape index (κ3) is 3.64. The Bertz CT molecular complexity index is 889. The molecule has 1 fully saturated rings. The van der Waals surface area contributed by atoms with E-state index in [1.165, 1.54) is 12.1 Å². The van der Waals surface area contributed by atoms with E-state index in [-0.39, 0.29) is 24.1 Å². The topological polar surface area (TPSA) is 79.9 Å². The molecular weight excluding hydrogens is 353 g/mol. The minimum absolute atomic E-state index is 0.0861. The number of halogens is 1. The number of fused-ring (bicyclic) bond motifs is 1. The molecule has 1 saturated heterocycles. The SMILES string of the molecule is O=C(Nc1ccccc1F)N[C@H]1CC(=O)N(c2ccc3c(c2)OCCO3)C1. The van der Waals surface area contributed by atoms with Crippen LogP contribution in [0.3, 0.4) is 0 Å². The highest BCUT2D eigenvalue weighted by atomic mass is 19.1. The average Bonchev–Trinajstić information content (AvgIpc) is 3.03. The summed E-state index contributed by atoms with van der Waals surface area (Å²) in [7, 11) is 0. The van der Waals surface area contributed by atoms with E-state index >= 15 is 0 Å². The molecule has 0 saturated carbocycles. The van der Waals surface area contributed by atoms with E-state index in [1.54, 1.807) is 35.2 Å². The van der Waals surface area contributed by atoms with Gasteiger partial charge in [-0.1, -0.05) is 12.1 Å². The van der Waals surface area contributed by atoms with Gasteiger partial charge in [0.05, 0.1) is 11.7 Å². The van der Waals surface area contributed by atoms with Gasteiger partial charge < -0.3 is 25.0 Å². The molecule has 2 aromatic rings. The minimum atomic E-state index is -0.554. The Kier molecular flexibility index (Phi) is 4.53. The summed E-state index contributed by atoms with van der Waals surface area (Å²) < 4.78 is 24.7. The van der Waals surface area contributed by atoms with Crippen molar-refractivity contribution in [2.24, 2.45) is 0 Å². The third-order valence-corrected chi connectivity index (χ3v) is 4.42. The van der Waals surface area contributed by atoms with Gasteiger partial charge in [0.15, 0.2) is 11.5 Å². The van der Waals surface area contributed by atoms with Crippen molar-refractivity contribution in [1.82, 2.24) is 5.32 Å². The van der Waals surface area contributed by atoms with E-state index in [0.29, 0.717) is 36.9 Å². The number of amides is 3. The highest BCUT2D eigenvalue weighted by molar-refractivity contribution is 5.98. The number of benzene rings is 2. The van der Waals surface area contributed by atoms with Crippen molar-refractivity contribution < 1.29 is 23.5 Å². The number of urea groups is 1. The number of rotatable bonds is 3. The van der Waals surface area contributed by atoms with E-state index in [1.807, 2.05) is 0 Å². The molecule has 2 aliphatic heterocycles. The van der Waals surface area contributed by atoms with E-state index < -0.39 is 11.8 Å². The lowest BCUT2D eigenvalue weighted by atomic mass is 10.2. The molecule has 2 aliphatic rings. The molecule has 2 N–H and O–H groups in total. The van der Waals surface area contributed by atoms with Gasteiger partial charge in [-0.15, -0.1) is 0 Å². The highest BCUT2D eigenvalue weighted by Gasteiger charge is 2.32. The van der Waals surface area contributed by atoms with Crippen LogP contribution in [0.1, 0.15) is 6.42 Å². The van der Waals surface area contributed by atoms with Gasteiger partial charge in [0.25, 0.3) is 0 Å². The normalized spacial score (nSPS) is 18.3. The Hall–Kier alpha value is -3.29. The lowest BCUT2D eigenvalue weighted by Gasteiger charge is -2.22. The molecule has 2 heterocycles. The van der Waals surface area contributed by atoms with E-state index in [2.05, 4.69) is 10.6 Å². The lowest BCUT2D eigenvalue weighted by Crippen LogP contribution is -2.39. The van der Waals surface area contributed by atoms with Gasteiger partial charge in [-0.25, -0.2) is 9.18 Å². The average molecular weight is 371 g/mol. The molecule has 0 radical (unpaired) electrons. The van der Waals surface area contributed by atoms with Crippen LogP contribution in [0, 0.1) is 5.82 Å². The standard InChI is InChI=1S/C19H18FN3O4/c20-14-3-1-2-4-15(14)22-19(25)21-12-9-18(24)23(11-12)13-5-6-16-17(10-13)27-8-7-26-16/h1-6,10,12H,7-9,11H2,(H2,21,22,25)/t12-/m0/s1. The summed E-state index contributed by atoms with van der Waals surface area (Å²) in [5.41, 5.74) is 0.770. The zero-order valence-electron chi connectivity index (χ0n) is 14.4. The van der Waals surface area contributed by atoms with Gasteiger partial charge in [0, 0.05) is 24.7 Å². The summed E-state index contributed by atoms with van der Waals surface area (Å²) in [6.45, 7) is 1.28. The molecule has 0 unspecified atom stereocenters. The summed E-state index contributed by atoms with van der Waals surface area (Å²) in [6, 6.07) is 10.3. The molecule has 140 valence electrons. The van der Waals surface area contributed by atoms with Gasteiger partial charge in [-0.2, -0.15) is 0 Å². The fraction of sp³-hybridized carbons (Fsp3) is 0.263. The first kappa shape index (κ1) is 17.1. The summed E-state index contributed by atoms with van der Waals surface area (Å²) in [5.74, 6) is 0.617. The van der Waals surface area contributed by atoms with Crippen molar-refractivity contribution in [1.29, 1.82) is 0 Å². The molecule has 4 rings (SSSR count). The second-order valence-corrected chi connectivity index (χ2v) is 6.31. The van der Waals surface area contributed by atoms with Gasteiger partial charge in [0.2, 0.25) is 5.91 Å². The van der Waals surface area contributed by atoms with Crippen LogP contribution >= 0.6 is 0 Å². The van der Waals surface area contributed by atoms with Crippen molar-refractivity contribution in [2.45, 2.75) is 12.5 Å². The third-order valence-electron chi connectivity index (χ3n) is 4.42. The first-order valence-electron chi connectivity index (χ1n) is 8.62. The highest BCUT2D eigenvalue weighted by Crippen LogP contribution is 2.35. The zero-order chi connectivity index (χ0) is 18.8. The summed E-state index contributed by atoms with van der Waals surface area (Å²) in [6.07, 6.45) is 0.166. The van der Waals surface area contributed by atoms with E-state index in [9.17, 15) is 14.0 Å². The Morgan fingerprint density at radius 1 is 1.11 bits per heavy atom. The van der Waals surface area contributed by atoms with Crippen molar-refractivity contribution in [3.63, 3.8) is 0 Å². The molecule has 0 aromatic heterocycles. The van der Waals surface area contributed by atoms with Crippen LogP contribution < -0.4 is 25.0 Å². The number of anilines is 2. The summed E-state index contributed by atoms with van der Waals surface area (Å²) >= 11 is 0. The molecule has 0 spiro atoms. The second kappa shape index (κ2) is 7.14. The Morgan fingerprint density at radius 2 is 1.89 bits per heavy atom. The number of nitrogens with one attached hydrogen (secondary N) is 2. The first-order chi connectivity index (χ1) is 13.1. The van der Waals surface area contributed by atoms with E-state index in [0.717, 1.165) is 0 Å². The maximum Gasteiger partial charge on any atom is 0.319 e. The van der Waals surface area contributed by atoms with Gasteiger partial charge in [-0.05, 0) is 24.3 Å². The molecule has 27 heavy (non-hydrogen) atoms. The number of hydrogen-bond donors (Lipinski definition) is 2. The van der Waals surface area contributed by atoms with Crippen molar-refractivity contribution in [3.8, 4) is 11.5 Å². The van der Waals surface area contributed by atoms with Crippen LogP contribution in [0.5, 0.6) is 11.5 Å². The maximum absolute atomic E-state index is 13.6. The zero-order valence-corrected chi connectivity index (χ0v) is 14.4. The predicted molar refractivity (Wildman–Crippen MR) is 96.7 cm³/mol. The molecule has 2 aromatic carbocycles. The van der Waals surface area contributed by atoms with Crippen LogP contribution in [0.4, 0.5) is 20.6 Å². The van der Waals surface area contributed by atoms with Crippen molar-refractivity contribution >= 4 is 23.3 Å². The minimum Gasteiger partial charge on any atom is -0.486 e. The predicted octanol–water partition coefficient (Wildman–Crippen LogP) is 2.52. The first-order valence-corrected chi connectivity index (χ1v) is 8.62. The maximum atomic E-state index is 13.6. The Balaban J connectivity index is 1.40. The smallest absolute Gasteiger partial charge is 0.319 e. The number of hydrogen-bond acceptors (Lipinski definition) is 4. The molecule has 0 bridgehead atoms. The molecule has 1 atom stereocenters. The fourth-order valence-electron chi connectivity index (χ4n) is 3.16. The molecule has 8 heteroatoms. The number of para-hydroxylation sites is 1. The summed E-state index contributed by atoms with van der Waals surface area (Å²) in [4.78, 5) is 26.1. The quantitative estimate of drug-likeness (QED) is 0.869. The van der Waals surface area contributed by atoms with Crippen LogP contribution in [-0.2, 0) is 4.79 Å². The molecule has 0 aliphatic carbocycles. The van der Waals surface area contributed by atoms with Crippen molar-refractivity contribution in [2.75, 3.05) is 30.0 Å². The van der Waals surface area contributed by atoms with Crippen molar-refractivity contribution in [3.05, 3.63) is 48.3 Å². The monoisotopic (exact) mass is 371 g/mol. The molecule has 3 amide bonds. The van der Waals surface area contributed by atoms with Crippen LogP contribution in [0.2, 0.25) is 0 Å². The van der Waals surface area contributed by atoms with Gasteiger partial charge in [-0.3, -0.25) is 4.79 Å². The Labute approximate surface area is 155 Å². The van der Waals surface area contributed by atoms with Crippen LogP contribution in [0.25, 0.3) is 0 Å². The number of nitrogens with zero attached hydrogens (tertiary/aromatic N) is 1. The molecule has 7 nitrogen and oxygen atoms in total. The van der Waals surface area contributed by atoms with Gasteiger partial charge in [0.1, 0.15) is 19.0 Å². The fourth-order valence-corrected chi connectivity index (χ4v) is 3.16. The Morgan fingerprint density at radius 3 is 2.70 bits per heavy atom. The number of carbonyl (C=O) groups is 2. The largest absolute Gasteiger partial charge is 0.486 e. The van der Waals surface area contributed by atoms with Crippen LogP contribution in [-0.4, -0.2) is 37.7 Å². The number of ether oxygens (including phenoxy) is 2. The van der Waals surface area contributed by atoms with Crippen LogP contribution in [0.15, 0.2) is 42.5 Å².